The van der Waals surface area contributed by atoms with Crippen molar-refractivity contribution in [2.24, 2.45) is 5.92 Å². The highest BCUT2D eigenvalue weighted by molar-refractivity contribution is 5.24. The summed E-state index contributed by atoms with van der Waals surface area (Å²) in [7, 11) is 4.23. The van der Waals surface area contributed by atoms with Crippen molar-refractivity contribution < 1.29 is 9.47 Å². The molecule has 100 valence electrons. The van der Waals surface area contributed by atoms with Gasteiger partial charge in [0.15, 0.2) is 6.29 Å². The van der Waals surface area contributed by atoms with Gasteiger partial charge in [-0.05, 0) is 33.5 Å². The van der Waals surface area contributed by atoms with E-state index in [1.807, 2.05) is 6.92 Å². The standard InChI is InChI=1S/C15H23NO2/c1-11-5-7-13(8-6-11)15(16(3)4)14-9-17-12(2)18-10-14/h5-8,12,14-15H,9-10H2,1-4H3. The van der Waals surface area contributed by atoms with Gasteiger partial charge in [-0.25, -0.2) is 0 Å². The highest BCUT2D eigenvalue weighted by Crippen LogP contribution is 2.30. The van der Waals surface area contributed by atoms with Crippen LogP contribution < -0.4 is 0 Å². The van der Waals surface area contributed by atoms with Crippen LogP contribution in [-0.4, -0.2) is 38.5 Å². The molecule has 1 saturated heterocycles. The van der Waals surface area contributed by atoms with Crippen LogP contribution in [0.1, 0.15) is 24.1 Å². The largest absolute Gasteiger partial charge is 0.353 e. The second-order valence-corrected chi connectivity index (χ2v) is 5.31. The van der Waals surface area contributed by atoms with Crippen LogP contribution in [0.15, 0.2) is 24.3 Å². The second-order valence-electron chi connectivity index (χ2n) is 5.31. The molecule has 0 radical (unpaired) electrons. The molecule has 1 aliphatic rings. The molecule has 1 aromatic rings. The summed E-state index contributed by atoms with van der Waals surface area (Å²) in [6.45, 7) is 5.59. The first-order valence-electron chi connectivity index (χ1n) is 6.54. The summed E-state index contributed by atoms with van der Waals surface area (Å²) in [5.41, 5.74) is 2.62. The Morgan fingerprint density at radius 3 is 2.17 bits per heavy atom. The van der Waals surface area contributed by atoms with Crippen LogP contribution in [0.2, 0.25) is 0 Å². The van der Waals surface area contributed by atoms with Crippen molar-refractivity contribution in [3.8, 4) is 0 Å². The maximum Gasteiger partial charge on any atom is 0.154 e. The van der Waals surface area contributed by atoms with Gasteiger partial charge < -0.3 is 14.4 Å². The molecule has 18 heavy (non-hydrogen) atoms. The molecule has 0 saturated carbocycles. The molecule has 0 bridgehead atoms. The predicted octanol–water partition coefficient (Wildman–Crippen LogP) is 2.61. The molecule has 1 aliphatic heterocycles. The quantitative estimate of drug-likeness (QED) is 0.822. The molecular formula is C15H23NO2. The molecule has 1 fully saturated rings. The zero-order valence-corrected chi connectivity index (χ0v) is 11.7. The van der Waals surface area contributed by atoms with Crippen molar-refractivity contribution in [1.29, 1.82) is 0 Å². The fourth-order valence-corrected chi connectivity index (χ4v) is 2.55. The first-order valence-corrected chi connectivity index (χ1v) is 6.54. The van der Waals surface area contributed by atoms with Gasteiger partial charge in [-0.15, -0.1) is 0 Å². The highest BCUT2D eigenvalue weighted by Gasteiger charge is 2.29. The minimum absolute atomic E-state index is 0.0675. The number of rotatable bonds is 3. The van der Waals surface area contributed by atoms with Gasteiger partial charge in [-0.2, -0.15) is 0 Å². The van der Waals surface area contributed by atoms with Gasteiger partial charge in [0.25, 0.3) is 0 Å². The van der Waals surface area contributed by atoms with Crippen LogP contribution in [0, 0.1) is 12.8 Å². The Hall–Kier alpha value is -0.900. The average molecular weight is 249 g/mol. The van der Waals surface area contributed by atoms with Gasteiger partial charge in [0.1, 0.15) is 0 Å². The summed E-state index contributed by atoms with van der Waals surface area (Å²) >= 11 is 0. The molecule has 1 heterocycles. The van der Waals surface area contributed by atoms with Gasteiger partial charge in [0.05, 0.1) is 13.2 Å². The van der Waals surface area contributed by atoms with Gasteiger partial charge in [0.2, 0.25) is 0 Å². The molecule has 0 aromatic heterocycles. The Morgan fingerprint density at radius 1 is 1.11 bits per heavy atom. The Kier molecular flexibility index (Phi) is 4.38. The number of benzene rings is 1. The van der Waals surface area contributed by atoms with Crippen LogP contribution in [0.3, 0.4) is 0 Å². The third-order valence-corrected chi connectivity index (χ3v) is 3.51. The van der Waals surface area contributed by atoms with Gasteiger partial charge in [0, 0.05) is 12.0 Å². The van der Waals surface area contributed by atoms with E-state index in [-0.39, 0.29) is 6.29 Å². The monoisotopic (exact) mass is 249 g/mol. The van der Waals surface area contributed by atoms with E-state index in [0.717, 1.165) is 13.2 Å². The average Bonchev–Trinajstić information content (AvgIpc) is 2.34. The Bertz CT molecular complexity index is 367. The van der Waals surface area contributed by atoms with Crippen molar-refractivity contribution in [1.82, 2.24) is 4.90 Å². The number of ether oxygens (including phenoxy) is 2. The summed E-state index contributed by atoms with van der Waals surface area (Å²) in [6.07, 6.45) is -0.0675. The third kappa shape index (κ3) is 3.10. The summed E-state index contributed by atoms with van der Waals surface area (Å²) in [4.78, 5) is 2.25. The van der Waals surface area contributed by atoms with Crippen LogP contribution in [0.25, 0.3) is 0 Å². The Labute approximate surface area is 110 Å². The van der Waals surface area contributed by atoms with Crippen molar-refractivity contribution in [2.75, 3.05) is 27.3 Å². The first kappa shape index (κ1) is 13.5. The molecule has 3 nitrogen and oxygen atoms in total. The maximum atomic E-state index is 5.62. The number of hydrogen-bond donors (Lipinski definition) is 0. The fourth-order valence-electron chi connectivity index (χ4n) is 2.55. The molecule has 0 spiro atoms. The highest BCUT2D eigenvalue weighted by atomic mass is 16.7. The lowest BCUT2D eigenvalue weighted by Crippen LogP contribution is -2.38. The summed E-state index contributed by atoms with van der Waals surface area (Å²) < 4.78 is 11.2. The fraction of sp³-hybridized carbons (Fsp3) is 0.600. The maximum absolute atomic E-state index is 5.62. The zero-order valence-electron chi connectivity index (χ0n) is 11.7. The summed E-state index contributed by atoms with van der Waals surface area (Å²) in [6, 6.07) is 9.09. The first-order chi connectivity index (χ1) is 8.58. The van der Waals surface area contributed by atoms with Crippen molar-refractivity contribution in [2.45, 2.75) is 26.2 Å². The molecule has 1 atom stereocenters. The lowest BCUT2D eigenvalue weighted by molar-refractivity contribution is -0.199. The molecule has 0 amide bonds. The van der Waals surface area contributed by atoms with Gasteiger partial charge in [-0.3, -0.25) is 0 Å². The molecule has 2 rings (SSSR count). The number of aryl methyl sites for hydroxylation is 1. The van der Waals surface area contributed by atoms with Crippen LogP contribution >= 0.6 is 0 Å². The predicted molar refractivity (Wildman–Crippen MR) is 72.5 cm³/mol. The summed E-state index contributed by atoms with van der Waals surface area (Å²) in [5, 5.41) is 0. The van der Waals surface area contributed by atoms with Gasteiger partial charge >= 0.3 is 0 Å². The SMILES string of the molecule is Cc1ccc(C(C2COC(C)OC2)N(C)C)cc1. The number of nitrogens with zero attached hydrogens (tertiary/aromatic N) is 1. The Balaban J connectivity index is 2.15. The molecule has 1 aromatic carbocycles. The number of hydrogen-bond acceptors (Lipinski definition) is 3. The van der Waals surface area contributed by atoms with E-state index >= 15 is 0 Å². The van der Waals surface area contributed by atoms with E-state index in [1.165, 1.54) is 11.1 Å². The molecule has 3 heteroatoms. The minimum atomic E-state index is -0.0675. The second kappa shape index (κ2) is 5.83. The minimum Gasteiger partial charge on any atom is -0.353 e. The lowest BCUT2D eigenvalue weighted by atomic mass is 9.92. The van der Waals surface area contributed by atoms with Crippen LogP contribution in [0.5, 0.6) is 0 Å². The van der Waals surface area contributed by atoms with Gasteiger partial charge in [-0.1, -0.05) is 29.8 Å². The molecule has 1 unspecified atom stereocenters. The van der Waals surface area contributed by atoms with Crippen molar-refractivity contribution >= 4 is 0 Å². The zero-order chi connectivity index (χ0) is 13.1. The lowest BCUT2D eigenvalue weighted by Gasteiger charge is -2.36. The molecule has 0 N–H and O–H groups in total. The van der Waals surface area contributed by atoms with E-state index in [0.29, 0.717) is 12.0 Å². The van der Waals surface area contributed by atoms with E-state index < -0.39 is 0 Å². The smallest absolute Gasteiger partial charge is 0.154 e. The Morgan fingerprint density at radius 2 is 1.67 bits per heavy atom. The van der Waals surface area contributed by atoms with E-state index in [9.17, 15) is 0 Å². The van der Waals surface area contributed by atoms with E-state index in [2.05, 4.69) is 50.2 Å². The van der Waals surface area contributed by atoms with E-state index in [4.69, 9.17) is 9.47 Å². The van der Waals surface area contributed by atoms with Crippen molar-refractivity contribution in [3.63, 3.8) is 0 Å². The molecular weight excluding hydrogens is 226 g/mol. The summed E-state index contributed by atoms with van der Waals surface area (Å²) in [5.74, 6) is 0.388. The molecule has 0 aliphatic carbocycles. The third-order valence-electron chi connectivity index (χ3n) is 3.51. The van der Waals surface area contributed by atoms with E-state index in [1.54, 1.807) is 0 Å². The van der Waals surface area contributed by atoms with Crippen LogP contribution in [-0.2, 0) is 9.47 Å². The van der Waals surface area contributed by atoms with Crippen LogP contribution in [0.4, 0.5) is 0 Å². The normalized spacial score (nSPS) is 26.3. The topological polar surface area (TPSA) is 21.7 Å². The van der Waals surface area contributed by atoms with Crippen molar-refractivity contribution in [3.05, 3.63) is 35.4 Å².